The maximum Gasteiger partial charge on any atom is 0.261 e. The highest BCUT2D eigenvalue weighted by atomic mass is 32.1. The van der Waals surface area contributed by atoms with E-state index in [0.29, 0.717) is 20.9 Å². The van der Waals surface area contributed by atoms with Gasteiger partial charge in [-0.05, 0) is 60.4 Å². The van der Waals surface area contributed by atoms with Crippen molar-refractivity contribution in [2.24, 2.45) is 0 Å². The molecule has 9 heteroatoms. The second kappa shape index (κ2) is 10.2. The Kier molecular flexibility index (Phi) is 7.41. The fraction of sp³-hybridized carbons (Fsp3) is 0.182. The normalized spacial score (nSPS) is 10.7. The molecule has 2 amide bonds. The van der Waals surface area contributed by atoms with Gasteiger partial charge in [0, 0.05) is 25.2 Å². The maximum absolute atomic E-state index is 13.2. The first-order chi connectivity index (χ1) is 14.8. The number of thiophene rings is 1. The number of halogens is 4. The van der Waals surface area contributed by atoms with Gasteiger partial charge in [0.15, 0.2) is 0 Å². The summed E-state index contributed by atoms with van der Waals surface area (Å²) in [6, 6.07) is 9.33. The van der Waals surface area contributed by atoms with Gasteiger partial charge in [-0.1, -0.05) is 0 Å². The summed E-state index contributed by atoms with van der Waals surface area (Å²) in [7, 11) is 0. The lowest BCUT2D eigenvalue weighted by atomic mass is 10.1. The molecule has 31 heavy (non-hydrogen) atoms. The predicted molar refractivity (Wildman–Crippen MR) is 109 cm³/mol. The van der Waals surface area contributed by atoms with Gasteiger partial charge in [0.1, 0.15) is 23.3 Å². The third-order valence-corrected chi connectivity index (χ3v) is 5.38. The zero-order valence-corrected chi connectivity index (χ0v) is 17.0. The molecule has 3 rings (SSSR count). The number of carbonyl (C=O) groups is 2. The van der Waals surface area contributed by atoms with E-state index in [1.165, 1.54) is 36.4 Å². The Balaban J connectivity index is 1.46. The molecule has 0 saturated carbocycles. The fourth-order valence-electron chi connectivity index (χ4n) is 2.91. The summed E-state index contributed by atoms with van der Waals surface area (Å²) in [5.74, 6) is -3.54. The van der Waals surface area contributed by atoms with Crippen LogP contribution in [0, 0.1) is 23.3 Å². The van der Waals surface area contributed by atoms with Crippen molar-refractivity contribution in [1.82, 2.24) is 10.6 Å². The second-order valence-corrected chi connectivity index (χ2v) is 7.81. The molecule has 2 N–H and O–H groups in total. The van der Waals surface area contributed by atoms with Gasteiger partial charge in [-0.3, -0.25) is 9.59 Å². The molecule has 1 aromatic heterocycles. The highest BCUT2D eigenvalue weighted by Gasteiger charge is 2.14. The topological polar surface area (TPSA) is 58.2 Å². The number of hydrogen-bond donors (Lipinski definition) is 2. The molecule has 2 aromatic carbocycles. The Labute approximate surface area is 179 Å². The summed E-state index contributed by atoms with van der Waals surface area (Å²) >= 11 is 0.987. The van der Waals surface area contributed by atoms with Crippen molar-refractivity contribution in [3.63, 3.8) is 0 Å². The molecule has 0 spiro atoms. The largest absolute Gasteiger partial charge is 0.351 e. The van der Waals surface area contributed by atoms with Gasteiger partial charge in [-0.15, -0.1) is 11.3 Å². The standard InChI is InChI=1S/C22H18F4N2O2S/c23-15-7-13(8-16(24)11-15)3-5-27-21(29)19-1-2-20(31-19)22(30)28-6-4-14-9-17(25)12-18(26)10-14/h1-2,7-12H,3-6H2,(H,27,29)(H,28,30). The van der Waals surface area contributed by atoms with Gasteiger partial charge < -0.3 is 10.6 Å². The van der Waals surface area contributed by atoms with Crippen molar-refractivity contribution >= 4 is 23.2 Å². The van der Waals surface area contributed by atoms with Gasteiger partial charge in [-0.25, -0.2) is 17.6 Å². The van der Waals surface area contributed by atoms with Crippen molar-refractivity contribution in [2.75, 3.05) is 13.1 Å². The van der Waals surface area contributed by atoms with Gasteiger partial charge in [0.25, 0.3) is 11.8 Å². The van der Waals surface area contributed by atoms with Crippen molar-refractivity contribution in [3.8, 4) is 0 Å². The molecule has 0 bridgehead atoms. The van der Waals surface area contributed by atoms with Gasteiger partial charge >= 0.3 is 0 Å². The third-order valence-electron chi connectivity index (χ3n) is 4.30. The molecular formula is C22H18F4N2O2S. The van der Waals surface area contributed by atoms with E-state index < -0.39 is 35.1 Å². The number of nitrogens with one attached hydrogen (secondary N) is 2. The van der Waals surface area contributed by atoms with Gasteiger partial charge in [0.2, 0.25) is 0 Å². The van der Waals surface area contributed by atoms with Crippen LogP contribution in [-0.4, -0.2) is 24.9 Å². The van der Waals surface area contributed by atoms with Crippen molar-refractivity contribution in [1.29, 1.82) is 0 Å². The molecular weight excluding hydrogens is 432 g/mol. The molecule has 0 aliphatic heterocycles. The van der Waals surface area contributed by atoms with E-state index in [0.717, 1.165) is 23.5 Å². The van der Waals surface area contributed by atoms with E-state index >= 15 is 0 Å². The molecule has 4 nitrogen and oxygen atoms in total. The van der Waals surface area contributed by atoms with Crippen LogP contribution in [0.1, 0.15) is 30.5 Å². The molecule has 0 aliphatic rings. The van der Waals surface area contributed by atoms with Crippen molar-refractivity contribution < 1.29 is 27.2 Å². The lowest BCUT2D eigenvalue weighted by Crippen LogP contribution is -2.25. The average molecular weight is 450 g/mol. The first-order valence-electron chi connectivity index (χ1n) is 9.36. The van der Waals surface area contributed by atoms with Crippen molar-refractivity contribution in [2.45, 2.75) is 12.8 Å². The van der Waals surface area contributed by atoms with E-state index in [4.69, 9.17) is 0 Å². The van der Waals surface area contributed by atoms with Gasteiger partial charge in [0.05, 0.1) is 9.75 Å². The number of hydrogen-bond acceptors (Lipinski definition) is 3. The second-order valence-electron chi connectivity index (χ2n) is 6.73. The molecule has 162 valence electrons. The minimum absolute atomic E-state index is 0.172. The molecule has 0 radical (unpaired) electrons. The summed E-state index contributed by atoms with van der Waals surface area (Å²) in [5.41, 5.74) is 0.837. The Hall–Kier alpha value is -3.20. The van der Waals surface area contributed by atoms with E-state index in [2.05, 4.69) is 10.6 Å². The van der Waals surface area contributed by atoms with E-state index in [1.807, 2.05) is 0 Å². The SMILES string of the molecule is O=C(NCCc1cc(F)cc(F)c1)c1ccc(C(=O)NCCc2cc(F)cc(F)c2)s1. The highest BCUT2D eigenvalue weighted by molar-refractivity contribution is 7.15. The lowest BCUT2D eigenvalue weighted by molar-refractivity contribution is 0.0951. The minimum Gasteiger partial charge on any atom is -0.351 e. The zero-order valence-electron chi connectivity index (χ0n) is 16.2. The van der Waals surface area contributed by atoms with Crippen LogP contribution in [0.15, 0.2) is 48.5 Å². The summed E-state index contributed by atoms with van der Waals surface area (Å²) in [6.45, 7) is 0.344. The highest BCUT2D eigenvalue weighted by Crippen LogP contribution is 2.17. The first-order valence-corrected chi connectivity index (χ1v) is 10.2. The zero-order chi connectivity index (χ0) is 22.4. The molecule has 1 heterocycles. The smallest absolute Gasteiger partial charge is 0.261 e. The molecule has 0 unspecified atom stereocenters. The molecule has 0 saturated heterocycles. The molecule has 0 aliphatic carbocycles. The first kappa shape index (κ1) is 22.5. The fourth-order valence-corrected chi connectivity index (χ4v) is 3.75. The van der Waals surface area contributed by atoms with Crippen LogP contribution in [0.2, 0.25) is 0 Å². The average Bonchev–Trinajstić information content (AvgIpc) is 3.17. The maximum atomic E-state index is 13.2. The third kappa shape index (κ3) is 6.65. The lowest BCUT2D eigenvalue weighted by Gasteiger charge is -2.05. The number of amides is 2. The predicted octanol–water partition coefficient (Wildman–Crippen LogP) is 4.25. The molecule has 3 aromatic rings. The van der Waals surface area contributed by atoms with Crippen LogP contribution in [0.3, 0.4) is 0 Å². The van der Waals surface area contributed by atoms with Crippen LogP contribution in [0.5, 0.6) is 0 Å². The van der Waals surface area contributed by atoms with Crippen LogP contribution in [0.25, 0.3) is 0 Å². The van der Waals surface area contributed by atoms with Crippen LogP contribution in [-0.2, 0) is 12.8 Å². The number of benzene rings is 2. The monoisotopic (exact) mass is 450 g/mol. The van der Waals surface area contributed by atoms with Crippen LogP contribution < -0.4 is 10.6 Å². The number of carbonyl (C=O) groups excluding carboxylic acids is 2. The van der Waals surface area contributed by atoms with Crippen molar-refractivity contribution in [3.05, 3.63) is 92.7 Å². The quantitative estimate of drug-likeness (QED) is 0.504. The van der Waals surface area contributed by atoms with E-state index in [-0.39, 0.29) is 25.9 Å². The van der Waals surface area contributed by atoms with E-state index in [1.54, 1.807) is 0 Å². The van der Waals surface area contributed by atoms with Crippen LogP contribution in [0.4, 0.5) is 17.6 Å². The Morgan fingerprint density at radius 2 is 1.00 bits per heavy atom. The van der Waals surface area contributed by atoms with Gasteiger partial charge in [-0.2, -0.15) is 0 Å². The van der Waals surface area contributed by atoms with E-state index in [9.17, 15) is 27.2 Å². The summed E-state index contributed by atoms with van der Waals surface area (Å²) in [4.78, 5) is 25.0. The Morgan fingerprint density at radius 3 is 1.35 bits per heavy atom. The Bertz CT molecular complexity index is 976. The molecule has 0 fully saturated rings. The number of rotatable bonds is 8. The summed E-state index contributed by atoms with van der Waals surface area (Å²) in [5, 5.41) is 5.28. The molecule has 0 atom stereocenters. The van der Waals surface area contributed by atoms with Crippen LogP contribution >= 0.6 is 11.3 Å². The Morgan fingerprint density at radius 1 is 0.645 bits per heavy atom. The summed E-state index contributed by atoms with van der Waals surface area (Å²) < 4.78 is 52.7. The minimum atomic E-state index is -0.683. The summed E-state index contributed by atoms with van der Waals surface area (Å²) in [6.07, 6.45) is 0.500.